The molecule has 2 aromatic rings. The molecule has 1 fully saturated rings. The molecule has 3 rings (SSSR count). The highest BCUT2D eigenvalue weighted by atomic mass is 19.1. The molecule has 2 aromatic carbocycles. The largest absolute Gasteiger partial charge is 0.379 e. The lowest BCUT2D eigenvalue weighted by atomic mass is 10.2. The van der Waals surface area contributed by atoms with Gasteiger partial charge in [-0.15, -0.1) is 0 Å². The lowest BCUT2D eigenvalue weighted by Crippen LogP contribution is -2.62. The van der Waals surface area contributed by atoms with Gasteiger partial charge in [0.05, 0.1) is 13.2 Å². The number of hydrogen-bond donors (Lipinski definition) is 2. The van der Waals surface area contributed by atoms with Gasteiger partial charge in [-0.3, -0.25) is 14.5 Å². The smallest absolute Gasteiger partial charge is 0.253 e. The van der Waals surface area contributed by atoms with Gasteiger partial charge in [-0.2, -0.15) is 0 Å². The molecular formula is C21H24FN3O4. The topological polar surface area (TPSA) is 79.9 Å². The summed E-state index contributed by atoms with van der Waals surface area (Å²) in [5, 5.41) is 5.68. The van der Waals surface area contributed by atoms with Crippen molar-refractivity contribution in [3.8, 4) is 0 Å². The van der Waals surface area contributed by atoms with Crippen molar-refractivity contribution in [3.05, 3.63) is 71.5 Å². The van der Waals surface area contributed by atoms with Crippen LogP contribution in [0.25, 0.3) is 0 Å². The van der Waals surface area contributed by atoms with Crippen LogP contribution in [0, 0.1) is 5.82 Å². The van der Waals surface area contributed by atoms with Crippen LogP contribution in [-0.4, -0.2) is 62.5 Å². The van der Waals surface area contributed by atoms with Crippen molar-refractivity contribution < 1.29 is 23.5 Å². The molecule has 1 saturated heterocycles. The molecule has 2 atom stereocenters. The zero-order valence-electron chi connectivity index (χ0n) is 16.1. The molecule has 2 N–H and O–H groups in total. The number of benzene rings is 2. The number of carbonyl (C=O) groups excluding carboxylic acids is 2. The molecule has 0 aromatic heterocycles. The number of amides is 2. The van der Waals surface area contributed by atoms with Gasteiger partial charge in [0.2, 0.25) is 0 Å². The fourth-order valence-electron chi connectivity index (χ4n) is 3.13. The third kappa shape index (κ3) is 5.60. The zero-order chi connectivity index (χ0) is 20.6. The number of hydrogen-bond acceptors (Lipinski definition) is 5. The fourth-order valence-corrected chi connectivity index (χ4v) is 3.13. The number of carbonyl (C=O) groups is 2. The molecule has 0 radical (unpaired) electrons. The molecule has 8 heteroatoms. The van der Waals surface area contributed by atoms with Crippen LogP contribution in [-0.2, 0) is 9.47 Å². The van der Waals surface area contributed by atoms with E-state index >= 15 is 0 Å². The van der Waals surface area contributed by atoms with Gasteiger partial charge in [0.25, 0.3) is 11.8 Å². The fraction of sp³-hybridized carbons (Fsp3) is 0.333. The molecule has 0 aliphatic carbocycles. The van der Waals surface area contributed by atoms with Crippen molar-refractivity contribution in [3.63, 3.8) is 0 Å². The summed E-state index contributed by atoms with van der Waals surface area (Å²) in [6, 6.07) is 14.2. The third-order valence-corrected chi connectivity index (χ3v) is 4.65. The van der Waals surface area contributed by atoms with Crippen LogP contribution in [0.1, 0.15) is 20.7 Å². The SMILES string of the molecule is COC(NC(=O)c1ccccc1)C(NC(=O)c1cccc(F)c1)N1CCOCC1. The maximum atomic E-state index is 13.5. The van der Waals surface area contributed by atoms with E-state index in [1.165, 1.54) is 25.3 Å². The Bertz CT molecular complexity index is 828. The Labute approximate surface area is 168 Å². The van der Waals surface area contributed by atoms with E-state index in [0.717, 1.165) is 6.07 Å². The molecule has 0 bridgehead atoms. The van der Waals surface area contributed by atoms with Gasteiger partial charge in [-0.05, 0) is 30.3 Å². The minimum Gasteiger partial charge on any atom is -0.379 e. The van der Waals surface area contributed by atoms with E-state index in [2.05, 4.69) is 10.6 Å². The monoisotopic (exact) mass is 401 g/mol. The van der Waals surface area contributed by atoms with Crippen LogP contribution < -0.4 is 10.6 Å². The number of halogens is 1. The van der Waals surface area contributed by atoms with Crippen molar-refractivity contribution >= 4 is 11.8 Å². The Morgan fingerprint density at radius 2 is 1.66 bits per heavy atom. The lowest BCUT2D eigenvalue weighted by Gasteiger charge is -2.38. The van der Waals surface area contributed by atoms with E-state index in [1.54, 1.807) is 24.3 Å². The second kappa shape index (κ2) is 10.1. The zero-order valence-corrected chi connectivity index (χ0v) is 16.1. The van der Waals surface area contributed by atoms with Gasteiger partial charge in [-0.1, -0.05) is 24.3 Å². The average Bonchev–Trinajstić information content (AvgIpc) is 2.77. The van der Waals surface area contributed by atoms with Gasteiger partial charge in [-0.25, -0.2) is 4.39 Å². The molecule has 2 amide bonds. The minimum absolute atomic E-state index is 0.187. The van der Waals surface area contributed by atoms with E-state index in [9.17, 15) is 14.0 Å². The molecule has 0 spiro atoms. The van der Waals surface area contributed by atoms with E-state index in [-0.39, 0.29) is 11.5 Å². The molecule has 2 unspecified atom stereocenters. The van der Waals surface area contributed by atoms with Crippen LogP contribution in [0.5, 0.6) is 0 Å². The van der Waals surface area contributed by atoms with Crippen LogP contribution >= 0.6 is 0 Å². The lowest BCUT2D eigenvalue weighted by molar-refractivity contribution is -0.0525. The molecular weight excluding hydrogens is 377 g/mol. The summed E-state index contributed by atoms with van der Waals surface area (Å²) in [5.41, 5.74) is 0.666. The normalized spacial score (nSPS) is 16.6. The Hall–Kier alpha value is -2.81. The van der Waals surface area contributed by atoms with Crippen molar-refractivity contribution in [2.45, 2.75) is 12.4 Å². The molecule has 0 saturated carbocycles. The summed E-state index contributed by atoms with van der Waals surface area (Å²) in [6.07, 6.45) is -1.48. The van der Waals surface area contributed by atoms with Crippen molar-refractivity contribution in [2.24, 2.45) is 0 Å². The van der Waals surface area contributed by atoms with Gasteiger partial charge in [0, 0.05) is 31.3 Å². The second-order valence-electron chi connectivity index (χ2n) is 6.57. The van der Waals surface area contributed by atoms with E-state index in [1.807, 2.05) is 11.0 Å². The second-order valence-corrected chi connectivity index (χ2v) is 6.57. The highest BCUT2D eigenvalue weighted by Crippen LogP contribution is 2.11. The number of nitrogens with zero attached hydrogens (tertiary/aromatic N) is 1. The van der Waals surface area contributed by atoms with Crippen LogP contribution in [0.15, 0.2) is 54.6 Å². The molecule has 1 heterocycles. The van der Waals surface area contributed by atoms with Gasteiger partial charge >= 0.3 is 0 Å². The summed E-state index contributed by atoms with van der Waals surface area (Å²) in [4.78, 5) is 27.3. The number of ether oxygens (including phenoxy) is 2. The Morgan fingerprint density at radius 1 is 1.00 bits per heavy atom. The van der Waals surface area contributed by atoms with Gasteiger partial charge in [0.1, 0.15) is 12.0 Å². The summed E-state index contributed by atoms with van der Waals surface area (Å²) in [6.45, 7) is 2.09. The highest BCUT2D eigenvalue weighted by Gasteiger charge is 2.32. The van der Waals surface area contributed by atoms with Crippen LogP contribution in [0.2, 0.25) is 0 Å². The minimum atomic E-state index is -0.821. The van der Waals surface area contributed by atoms with Gasteiger partial charge in [0.15, 0.2) is 6.23 Å². The summed E-state index contributed by atoms with van der Waals surface area (Å²) < 4.78 is 24.4. The van der Waals surface area contributed by atoms with Crippen molar-refractivity contribution in [2.75, 3.05) is 33.4 Å². The van der Waals surface area contributed by atoms with Gasteiger partial charge < -0.3 is 20.1 Å². The summed E-state index contributed by atoms with van der Waals surface area (Å²) in [5.74, 6) is -1.28. The van der Waals surface area contributed by atoms with Crippen LogP contribution in [0.3, 0.4) is 0 Å². The highest BCUT2D eigenvalue weighted by molar-refractivity contribution is 5.95. The Kier molecular flexibility index (Phi) is 7.29. The Morgan fingerprint density at radius 3 is 2.31 bits per heavy atom. The average molecular weight is 401 g/mol. The first-order chi connectivity index (χ1) is 14.1. The number of methoxy groups -OCH3 is 1. The quantitative estimate of drug-likeness (QED) is 0.690. The van der Waals surface area contributed by atoms with Crippen LogP contribution in [0.4, 0.5) is 4.39 Å². The van der Waals surface area contributed by atoms with E-state index in [0.29, 0.717) is 31.9 Å². The first-order valence-corrected chi connectivity index (χ1v) is 9.35. The molecule has 29 heavy (non-hydrogen) atoms. The standard InChI is InChI=1S/C21H24FN3O4/c1-28-21(24-19(26)15-6-3-2-4-7-15)18(25-10-12-29-13-11-25)23-20(27)16-8-5-9-17(22)14-16/h2-9,14,18,21H,10-13H2,1H3,(H,23,27)(H,24,26). The Balaban J connectivity index is 1.79. The summed E-state index contributed by atoms with van der Waals surface area (Å²) in [7, 11) is 1.46. The van der Waals surface area contributed by atoms with E-state index in [4.69, 9.17) is 9.47 Å². The number of nitrogens with one attached hydrogen (secondary N) is 2. The van der Waals surface area contributed by atoms with E-state index < -0.39 is 24.1 Å². The maximum Gasteiger partial charge on any atom is 0.253 e. The van der Waals surface area contributed by atoms with Crippen molar-refractivity contribution in [1.29, 1.82) is 0 Å². The first-order valence-electron chi connectivity index (χ1n) is 9.35. The third-order valence-electron chi connectivity index (χ3n) is 4.65. The molecule has 7 nitrogen and oxygen atoms in total. The summed E-state index contributed by atoms with van der Waals surface area (Å²) >= 11 is 0. The van der Waals surface area contributed by atoms with Crippen molar-refractivity contribution in [1.82, 2.24) is 15.5 Å². The number of rotatable bonds is 7. The molecule has 1 aliphatic heterocycles. The predicted octanol–water partition coefficient (Wildman–Crippen LogP) is 1.62. The molecule has 1 aliphatic rings. The predicted molar refractivity (Wildman–Crippen MR) is 105 cm³/mol. The first kappa shape index (κ1) is 20.9. The maximum absolute atomic E-state index is 13.5. The number of morpholine rings is 1. The molecule has 154 valence electrons.